The van der Waals surface area contributed by atoms with Gasteiger partial charge in [0.1, 0.15) is 26.4 Å². The molecule has 0 radical (unpaired) electrons. The lowest BCUT2D eigenvalue weighted by Gasteiger charge is -2.43. The lowest BCUT2D eigenvalue weighted by atomic mass is 9.79. The minimum absolute atomic E-state index is 0.0824. The number of carbonyl (C=O) groups is 9. The van der Waals surface area contributed by atoms with Crippen molar-refractivity contribution >= 4 is 53.3 Å². The van der Waals surface area contributed by atoms with Gasteiger partial charge >= 0.3 is 23.9 Å². The molecule has 3 aliphatic rings. The second-order valence-corrected chi connectivity index (χ2v) is 27.7. The van der Waals surface area contributed by atoms with Crippen molar-refractivity contribution in [2.24, 2.45) is 59.2 Å². The largest absolute Gasteiger partial charge is 0.463 e. The van der Waals surface area contributed by atoms with Gasteiger partial charge in [0.2, 0.25) is 23.6 Å². The summed E-state index contributed by atoms with van der Waals surface area (Å²) in [5.74, 6) is -1.52. The molecule has 1 aromatic carbocycles. The Morgan fingerprint density at radius 3 is 1.24 bits per heavy atom. The molecule has 3 fully saturated rings. The summed E-state index contributed by atoms with van der Waals surface area (Å²) in [6.45, 7) is 26.0. The maximum absolute atomic E-state index is 14.5. The smallest absolute Gasteiger partial charge is 0.306 e. The van der Waals surface area contributed by atoms with Crippen LogP contribution in [0.1, 0.15) is 217 Å². The van der Waals surface area contributed by atoms with Gasteiger partial charge in [-0.2, -0.15) is 0 Å². The van der Waals surface area contributed by atoms with E-state index in [-0.39, 0.29) is 177 Å². The van der Waals surface area contributed by atoms with Crippen LogP contribution in [0.15, 0.2) is 30.3 Å². The Hall–Kier alpha value is -5.59. The first-order chi connectivity index (χ1) is 46.4. The molecule has 1 aromatic rings. The predicted octanol–water partition coefficient (Wildman–Crippen LogP) is 10.2. The molecule has 8 unspecified atom stereocenters. The van der Waals surface area contributed by atoms with E-state index in [0.29, 0.717) is 142 Å². The summed E-state index contributed by atoms with van der Waals surface area (Å²) in [7, 11) is 0. The van der Waals surface area contributed by atoms with E-state index in [0.717, 1.165) is 5.56 Å². The van der Waals surface area contributed by atoms with E-state index in [1.165, 1.54) is 20.8 Å². The number of Topliss-reactive ketones (excluding diaryl/α,β-unsaturated/α-hetero) is 1. The Balaban J connectivity index is 1.32. The van der Waals surface area contributed by atoms with E-state index >= 15 is 0 Å². The van der Waals surface area contributed by atoms with Gasteiger partial charge in [0.25, 0.3) is 0 Å². The zero-order chi connectivity index (χ0) is 71.2. The maximum atomic E-state index is 14.5. The zero-order valence-electron chi connectivity index (χ0n) is 60.7. The number of nitrogens with one attached hydrogen (secondary N) is 4. The van der Waals surface area contributed by atoms with Crippen LogP contribution in [0.3, 0.4) is 0 Å². The van der Waals surface area contributed by atoms with Crippen molar-refractivity contribution in [2.75, 3.05) is 59.3 Å². The standard InChI is InChI=1S/C74H122N4O19/c1-48-51(4)64(45-91-57(10)79)95-72(54(48)7)88-40-26-20-33-67(83)75-37-24-18-31-61(71(87)77-39-23-14-17-36-70(86)94-44-60-29-15-13-16-30-60)43-63(82)62(78-69(85)35-22-28-42-90-74-56(9)50(3)53(6)66(97-74)47-93-59(12)81)32-19-25-38-76-68(84)34-21-27-41-89-73-55(8)49(2)52(5)65(96-73)46-92-58(11)80/h13,15-16,29-30,48-56,61-62,64-66,72-74H,14,17-28,31-47H2,1-12H3,(H,75,83)(H,76,84)(H,77,87)(H,78,85)/t48-,49-,50-,51+,52+,53+,54?,55?,56?,61?,62?,64?,65?,66?,72+,73+,74+/m0/s1. The van der Waals surface area contributed by atoms with E-state index < -0.39 is 30.8 Å². The average molecular weight is 1370 g/mol. The van der Waals surface area contributed by atoms with Gasteiger partial charge in [-0.1, -0.05) is 105 Å². The van der Waals surface area contributed by atoms with Gasteiger partial charge in [-0.05, 0) is 125 Å². The number of rotatable bonds is 47. The quantitative estimate of drug-likeness (QED) is 0.0268. The number of amides is 4. The van der Waals surface area contributed by atoms with Gasteiger partial charge in [0, 0.05) is 116 Å². The van der Waals surface area contributed by atoms with Crippen LogP contribution in [0.5, 0.6) is 0 Å². The number of ketones is 1. The van der Waals surface area contributed by atoms with Crippen molar-refractivity contribution in [3.63, 3.8) is 0 Å². The van der Waals surface area contributed by atoms with Crippen LogP contribution in [0.4, 0.5) is 0 Å². The molecule has 0 saturated carbocycles. The van der Waals surface area contributed by atoms with E-state index in [1.807, 2.05) is 30.3 Å². The van der Waals surface area contributed by atoms with E-state index in [4.69, 9.17) is 47.4 Å². The highest BCUT2D eigenvalue weighted by molar-refractivity contribution is 5.92. The lowest BCUT2D eigenvalue weighted by Crippen LogP contribution is -2.47. The van der Waals surface area contributed by atoms with Gasteiger partial charge in [0.05, 0.1) is 24.4 Å². The van der Waals surface area contributed by atoms with E-state index in [1.54, 1.807) is 0 Å². The molecule has 3 saturated heterocycles. The van der Waals surface area contributed by atoms with E-state index in [9.17, 15) is 43.2 Å². The number of benzene rings is 1. The Bertz CT molecular complexity index is 2510. The van der Waals surface area contributed by atoms with Crippen molar-refractivity contribution in [3.8, 4) is 0 Å². The van der Waals surface area contributed by atoms with Gasteiger partial charge in [-0.15, -0.1) is 0 Å². The normalized spacial score (nSPS) is 26.1. The van der Waals surface area contributed by atoms with Crippen molar-refractivity contribution in [2.45, 2.75) is 261 Å². The molecule has 0 bridgehead atoms. The van der Waals surface area contributed by atoms with Crippen LogP contribution >= 0.6 is 0 Å². The van der Waals surface area contributed by atoms with Crippen LogP contribution in [-0.4, -0.2) is 156 Å². The number of hydrogen-bond acceptors (Lipinski definition) is 19. The summed E-state index contributed by atoms with van der Waals surface area (Å²) in [5, 5.41) is 12.0. The van der Waals surface area contributed by atoms with Crippen LogP contribution in [-0.2, 0) is 97.1 Å². The highest BCUT2D eigenvalue weighted by atomic mass is 16.7. The minimum Gasteiger partial charge on any atom is -0.463 e. The SMILES string of the molecule is CC(=O)OCC1O[C@@H](OCCCCC(=O)NCCCCC(CC(=O)C(CCCCNC(=O)CCCCO[C@@H]2OC(COC(C)=O)[C@H](C)[C@H](C)C2C)NC(=O)CCCCO[C@@H]2OC(COC(C)=O)[C@H](C)[C@H](C)C2C)C(=O)NCCCCCC(=O)OCc2ccccc2)C(C)[C@@H](C)[C@H]1C. The monoisotopic (exact) mass is 1370 g/mol. The Labute approximate surface area is 578 Å². The summed E-state index contributed by atoms with van der Waals surface area (Å²) in [5.41, 5.74) is 0.905. The Morgan fingerprint density at radius 1 is 0.412 bits per heavy atom. The molecular weight excluding hydrogens is 1250 g/mol. The Kier molecular flexibility index (Phi) is 40.4. The molecule has 0 aromatic heterocycles. The number of unbranched alkanes of at least 4 members (excludes halogenated alkanes) is 7. The van der Waals surface area contributed by atoms with Crippen molar-refractivity contribution in [3.05, 3.63) is 35.9 Å². The van der Waals surface area contributed by atoms with Crippen LogP contribution < -0.4 is 21.3 Å². The average Bonchev–Trinajstić information content (AvgIpc) is 0.841. The van der Waals surface area contributed by atoms with Crippen LogP contribution in [0.2, 0.25) is 0 Å². The first-order valence-electron chi connectivity index (χ1n) is 36.4. The first kappa shape index (κ1) is 83.8. The molecule has 552 valence electrons. The number of ether oxygens (including phenoxy) is 10. The summed E-state index contributed by atoms with van der Waals surface area (Å²) < 4.78 is 58.3. The summed E-state index contributed by atoms with van der Waals surface area (Å²) in [4.78, 5) is 115. The summed E-state index contributed by atoms with van der Waals surface area (Å²) in [6.07, 6.45) is 6.72. The third-order valence-corrected chi connectivity index (χ3v) is 20.2. The van der Waals surface area contributed by atoms with Gasteiger partial charge in [0.15, 0.2) is 24.7 Å². The molecule has 0 aliphatic carbocycles. The molecule has 4 rings (SSSR count). The third-order valence-electron chi connectivity index (χ3n) is 20.2. The molecule has 0 spiro atoms. The van der Waals surface area contributed by atoms with Gasteiger partial charge < -0.3 is 68.6 Å². The molecule has 4 amide bonds. The van der Waals surface area contributed by atoms with Crippen molar-refractivity contribution < 1.29 is 90.5 Å². The zero-order valence-corrected chi connectivity index (χ0v) is 60.7. The fourth-order valence-corrected chi connectivity index (χ4v) is 12.6. The molecule has 23 heteroatoms. The molecule has 3 aliphatic heterocycles. The van der Waals surface area contributed by atoms with Crippen LogP contribution in [0, 0.1) is 59.2 Å². The second kappa shape index (κ2) is 46.7. The summed E-state index contributed by atoms with van der Waals surface area (Å²) in [6, 6.07) is 8.56. The molecule has 3 heterocycles. The number of hydrogen-bond donors (Lipinski definition) is 4. The highest BCUT2D eigenvalue weighted by Crippen LogP contribution is 2.38. The van der Waals surface area contributed by atoms with Gasteiger partial charge in [-0.3, -0.25) is 43.2 Å². The predicted molar refractivity (Wildman–Crippen MR) is 364 cm³/mol. The van der Waals surface area contributed by atoms with Crippen molar-refractivity contribution in [1.82, 2.24) is 21.3 Å². The molecular formula is C74H122N4O19. The second-order valence-electron chi connectivity index (χ2n) is 27.7. The Morgan fingerprint density at radius 2 is 0.804 bits per heavy atom. The number of esters is 4. The highest BCUT2D eigenvalue weighted by Gasteiger charge is 2.43. The molecule has 4 N–H and O–H groups in total. The minimum atomic E-state index is -0.899. The van der Waals surface area contributed by atoms with Crippen LogP contribution in [0.25, 0.3) is 0 Å². The maximum Gasteiger partial charge on any atom is 0.306 e. The lowest BCUT2D eigenvalue weighted by molar-refractivity contribution is -0.255. The summed E-state index contributed by atoms with van der Waals surface area (Å²) >= 11 is 0. The first-order valence-corrected chi connectivity index (χ1v) is 36.4. The third kappa shape index (κ3) is 32.5. The molecule has 23 nitrogen and oxygen atoms in total. The van der Waals surface area contributed by atoms with E-state index in [2.05, 4.69) is 83.6 Å². The fourth-order valence-electron chi connectivity index (χ4n) is 12.6. The number of carbonyl (C=O) groups excluding carboxylic acids is 9. The van der Waals surface area contributed by atoms with Gasteiger partial charge in [-0.25, -0.2) is 0 Å². The molecule has 17 atom stereocenters. The fraction of sp³-hybridized carbons (Fsp3) is 0.797. The molecule has 97 heavy (non-hydrogen) atoms. The topological polar surface area (TPSA) is 294 Å². The van der Waals surface area contributed by atoms with Crippen molar-refractivity contribution in [1.29, 1.82) is 0 Å².